The van der Waals surface area contributed by atoms with E-state index in [2.05, 4.69) is 26.0 Å². The van der Waals surface area contributed by atoms with E-state index in [0.29, 0.717) is 5.25 Å². The molecule has 0 aliphatic heterocycles. The topological polar surface area (TPSA) is 46.2 Å². The van der Waals surface area contributed by atoms with Crippen LogP contribution in [0.4, 0.5) is 0 Å². The fourth-order valence-electron chi connectivity index (χ4n) is 1.75. The Balaban J connectivity index is 2.07. The molecule has 3 heteroatoms. The summed E-state index contributed by atoms with van der Waals surface area (Å²) in [7, 11) is 0. The van der Waals surface area contributed by atoms with Crippen LogP contribution in [0.1, 0.15) is 38.4 Å². The molecule has 0 saturated heterocycles. The van der Waals surface area contributed by atoms with Crippen molar-refractivity contribution in [2.75, 3.05) is 0 Å². The highest BCUT2D eigenvalue weighted by Gasteiger charge is 2.45. The van der Waals surface area contributed by atoms with Gasteiger partial charge in [-0.25, -0.2) is 0 Å². The Morgan fingerprint density at radius 2 is 1.81 bits per heavy atom. The molecule has 1 aliphatic carbocycles. The van der Waals surface area contributed by atoms with Crippen molar-refractivity contribution >= 4 is 11.8 Å². The summed E-state index contributed by atoms with van der Waals surface area (Å²) in [6.45, 7) is 4.35. The van der Waals surface area contributed by atoms with Gasteiger partial charge in [0.25, 0.3) is 0 Å². The number of nitrogens with two attached hydrogens (primary N) is 1. The lowest BCUT2D eigenvalue weighted by Gasteiger charge is -2.18. The van der Waals surface area contributed by atoms with Crippen LogP contribution in [0.2, 0.25) is 0 Å². The van der Waals surface area contributed by atoms with Crippen LogP contribution in [0.25, 0.3) is 0 Å². The van der Waals surface area contributed by atoms with E-state index in [-0.39, 0.29) is 5.54 Å². The van der Waals surface area contributed by atoms with Crippen LogP contribution in [0.15, 0.2) is 29.2 Å². The predicted octanol–water partition coefficient (Wildman–Crippen LogP) is 2.71. The second kappa shape index (κ2) is 4.40. The first kappa shape index (κ1) is 12.0. The van der Waals surface area contributed by atoms with E-state index in [1.165, 1.54) is 4.90 Å². The van der Waals surface area contributed by atoms with E-state index >= 15 is 0 Å². The van der Waals surface area contributed by atoms with Crippen LogP contribution in [0.5, 0.6) is 0 Å². The molecule has 0 spiro atoms. The Hall–Kier alpha value is -0.510. The molecule has 88 valence electrons. The first-order valence-corrected chi connectivity index (χ1v) is 6.63. The molecule has 0 radical (unpaired) electrons. The molecule has 0 aromatic heterocycles. The van der Waals surface area contributed by atoms with E-state index < -0.39 is 6.10 Å². The molecule has 2 rings (SSSR count). The molecule has 0 heterocycles. The largest absolute Gasteiger partial charge is 0.386 e. The number of rotatable bonds is 4. The Morgan fingerprint density at radius 3 is 2.25 bits per heavy atom. The Bertz CT molecular complexity index is 357. The van der Waals surface area contributed by atoms with E-state index in [0.717, 1.165) is 18.4 Å². The number of hydrogen-bond acceptors (Lipinski definition) is 3. The Labute approximate surface area is 101 Å². The summed E-state index contributed by atoms with van der Waals surface area (Å²) in [5.41, 5.74) is 6.57. The third-order valence-corrected chi connectivity index (χ3v) is 3.96. The number of thioether (sulfide) groups is 1. The lowest BCUT2D eigenvalue weighted by molar-refractivity contribution is 0.136. The molecule has 1 unspecified atom stereocenters. The van der Waals surface area contributed by atoms with Crippen molar-refractivity contribution in [1.29, 1.82) is 0 Å². The molecule has 1 aromatic rings. The van der Waals surface area contributed by atoms with Crippen LogP contribution < -0.4 is 5.73 Å². The van der Waals surface area contributed by atoms with Crippen LogP contribution >= 0.6 is 11.8 Å². The normalized spacial score (nSPS) is 19.8. The lowest BCUT2D eigenvalue weighted by Crippen LogP contribution is -2.30. The maximum Gasteiger partial charge on any atom is 0.0969 e. The van der Waals surface area contributed by atoms with Crippen molar-refractivity contribution in [2.45, 2.75) is 48.5 Å². The van der Waals surface area contributed by atoms with Gasteiger partial charge in [-0.3, -0.25) is 0 Å². The maximum atomic E-state index is 10.1. The second-order valence-electron chi connectivity index (χ2n) is 4.87. The van der Waals surface area contributed by atoms with Gasteiger partial charge < -0.3 is 10.8 Å². The lowest BCUT2D eigenvalue weighted by atomic mass is 10.0. The van der Waals surface area contributed by atoms with E-state index in [9.17, 15) is 5.11 Å². The first-order valence-electron chi connectivity index (χ1n) is 5.75. The molecule has 1 aliphatic rings. The minimum Gasteiger partial charge on any atom is -0.386 e. The van der Waals surface area contributed by atoms with Crippen LogP contribution in [-0.2, 0) is 0 Å². The van der Waals surface area contributed by atoms with Crippen molar-refractivity contribution in [3.8, 4) is 0 Å². The second-order valence-corrected chi connectivity index (χ2v) is 6.52. The first-order chi connectivity index (χ1) is 7.51. The summed E-state index contributed by atoms with van der Waals surface area (Å²) in [5.74, 6) is 0. The van der Waals surface area contributed by atoms with Gasteiger partial charge in [0.1, 0.15) is 0 Å². The van der Waals surface area contributed by atoms with E-state index in [4.69, 9.17) is 5.73 Å². The van der Waals surface area contributed by atoms with E-state index in [1.807, 2.05) is 23.9 Å². The zero-order chi connectivity index (χ0) is 11.8. The summed E-state index contributed by atoms with van der Waals surface area (Å²) in [6.07, 6.45) is 1.35. The maximum absolute atomic E-state index is 10.1. The smallest absolute Gasteiger partial charge is 0.0969 e. The highest BCUT2D eigenvalue weighted by molar-refractivity contribution is 7.99. The van der Waals surface area contributed by atoms with Crippen molar-refractivity contribution in [3.63, 3.8) is 0 Å². The Morgan fingerprint density at radius 1 is 1.25 bits per heavy atom. The standard InChI is InChI=1S/C13H19NOS/c1-9(2)16-11-5-3-10(4-6-11)12(15)13(14)7-8-13/h3-6,9,12,15H,7-8,14H2,1-2H3. The number of aliphatic hydroxyl groups is 1. The molecule has 1 atom stereocenters. The fraction of sp³-hybridized carbons (Fsp3) is 0.538. The highest BCUT2D eigenvalue weighted by atomic mass is 32.2. The summed E-state index contributed by atoms with van der Waals surface area (Å²) < 4.78 is 0. The molecule has 0 bridgehead atoms. The summed E-state index contributed by atoms with van der Waals surface area (Å²) in [5, 5.41) is 10.6. The zero-order valence-corrected chi connectivity index (χ0v) is 10.6. The third kappa shape index (κ3) is 2.59. The van der Waals surface area contributed by atoms with Crippen molar-refractivity contribution in [3.05, 3.63) is 29.8 Å². The number of hydrogen-bond donors (Lipinski definition) is 2. The van der Waals surface area contributed by atoms with Crippen molar-refractivity contribution in [1.82, 2.24) is 0 Å². The molecular weight excluding hydrogens is 218 g/mol. The fourth-order valence-corrected chi connectivity index (χ4v) is 2.59. The molecule has 2 nitrogen and oxygen atoms in total. The number of benzene rings is 1. The Kier molecular flexibility index (Phi) is 3.29. The van der Waals surface area contributed by atoms with Gasteiger partial charge >= 0.3 is 0 Å². The average molecular weight is 237 g/mol. The minimum absolute atomic E-state index is 0.354. The summed E-state index contributed by atoms with van der Waals surface area (Å²) in [6, 6.07) is 8.11. The van der Waals surface area contributed by atoms with Crippen molar-refractivity contribution < 1.29 is 5.11 Å². The monoisotopic (exact) mass is 237 g/mol. The third-order valence-electron chi connectivity index (χ3n) is 2.94. The molecule has 1 aromatic carbocycles. The SMILES string of the molecule is CC(C)Sc1ccc(C(O)C2(N)CC2)cc1. The van der Waals surface area contributed by atoms with Crippen LogP contribution in [0, 0.1) is 0 Å². The van der Waals surface area contributed by atoms with Gasteiger partial charge in [0, 0.05) is 15.7 Å². The van der Waals surface area contributed by atoms with Gasteiger partial charge in [0.15, 0.2) is 0 Å². The highest BCUT2D eigenvalue weighted by Crippen LogP contribution is 2.43. The quantitative estimate of drug-likeness (QED) is 0.791. The zero-order valence-electron chi connectivity index (χ0n) is 9.81. The van der Waals surface area contributed by atoms with Crippen LogP contribution in [-0.4, -0.2) is 15.9 Å². The van der Waals surface area contributed by atoms with Gasteiger partial charge in [-0.15, -0.1) is 11.8 Å². The molecule has 3 N–H and O–H groups in total. The van der Waals surface area contributed by atoms with Gasteiger partial charge in [-0.1, -0.05) is 26.0 Å². The molecule has 16 heavy (non-hydrogen) atoms. The van der Waals surface area contributed by atoms with Gasteiger partial charge in [0.2, 0.25) is 0 Å². The molecule has 0 amide bonds. The molecule has 1 fully saturated rings. The van der Waals surface area contributed by atoms with E-state index in [1.54, 1.807) is 0 Å². The minimum atomic E-state index is -0.509. The summed E-state index contributed by atoms with van der Waals surface area (Å²) >= 11 is 1.83. The van der Waals surface area contributed by atoms with Gasteiger partial charge in [-0.2, -0.15) is 0 Å². The molecule has 1 saturated carbocycles. The van der Waals surface area contributed by atoms with Crippen LogP contribution in [0.3, 0.4) is 0 Å². The predicted molar refractivity (Wildman–Crippen MR) is 68.5 cm³/mol. The molecular formula is C13H19NOS. The van der Waals surface area contributed by atoms with Gasteiger partial charge in [-0.05, 0) is 30.5 Å². The average Bonchev–Trinajstić information content (AvgIpc) is 2.97. The van der Waals surface area contributed by atoms with Crippen molar-refractivity contribution in [2.24, 2.45) is 5.73 Å². The van der Waals surface area contributed by atoms with Gasteiger partial charge in [0.05, 0.1) is 6.10 Å². The summed E-state index contributed by atoms with van der Waals surface area (Å²) in [4.78, 5) is 1.24. The number of aliphatic hydroxyl groups excluding tert-OH is 1.